The lowest BCUT2D eigenvalue weighted by Gasteiger charge is -2.43. The van der Waals surface area contributed by atoms with Crippen LogP contribution < -0.4 is 4.74 Å². The maximum absolute atomic E-state index is 10.6. The zero-order valence-corrected chi connectivity index (χ0v) is 13.8. The first kappa shape index (κ1) is 16.5. The highest BCUT2D eigenvalue weighted by Gasteiger charge is 2.30. The molecule has 1 atom stereocenters. The average Bonchev–Trinajstić information content (AvgIpc) is 2.57. The quantitative estimate of drug-likeness (QED) is 0.569. The molecule has 0 amide bonds. The first-order valence-corrected chi connectivity index (χ1v) is 8.30. The molecule has 0 saturated carbocycles. The Labute approximate surface area is 142 Å². The van der Waals surface area contributed by atoms with Crippen LogP contribution in [0, 0.1) is 16.0 Å². The molecular weight excluding hydrogens is 304 g/mol. The largest absolute Gasteiger partial charge is 0.494 e. The fraction of sp³-hybridized carbons (Fsp3) is 0.368. The van der Waals surface area contributed by atoms with Crippen LogP contribution in [0.2, 0.25) is 0 Å². The van der Waals surface area contributed by atoms with Gasteiger partial charge in [-0.15, -0.1) is 0 Å². The summed E-state index contributed by atoms with van der Waals surface area (Å²) < 4.78 is 5.69. The van der Waals surface area contributed by atoms with Gasteiger partial charge in [0.15, 0.2) is 0 Å². The summed E-state index contributed by atoms with van der Waals surface area (Å²) in [4.78, 5) is 12.7. The second-order valence-corrected chi connectivity index (χ2v) is 6.29. The van der Waals surface area contributed by atoms with E-state index in [0.29, 0.717) is 24.3 Å². The first-order chi connectivity index (χ1) is 11.6. The number of nitro groups is 1. The Morgan fingerprint density at radius 1 is 1.17 bits per heavy atom. The number of rotatable bonds is 7. The SMILES string of the molecule is CC(c1ccccc1)N1CC(CCOc2ccc([N+](=O)[O-])cc2)C1. The number of likely N-dealkylation sites (tertiary alicyclic amines) is 1. The summed E-state index contributed by atoms with van der Waals surface area (Å²) in [5.74, 6) is 1.35. The van der Waals surface area contributed by atoms with Crippen LogP contribution in [0.25, 0.3) is 0 Å². The summed E-state index contributed by atoms with van der Waals surface area (Å²) in [5, 5.41) is 10.6. The number of nitrogens with zero attached hydrogens (tertiary/aromatic N) is 2. The molecule has 2 aromatic carbocycles. The van der Waals surface area contributed by atoms with E-state index in [2.05, 4.69) is 36.1 Å². The number of benzene rings is 2. The lowest BCUT2D eigenvalue weighted by molar-refractivity contribution is -0.384. The van der Waals surface area contributed by atoms with E-state index in [1.807, 2.05) is 6.07 Å². The van der Waals surface area contributed by atoms with Crippen LogP contribution in [0.3, 0.4) is 0 Å². The van der Waals surface area contributed by atoms with Crippen LogP contribution in [-0.4, -0.2) is 29.5 Å². The van der Waals surface area contributed by atoms with E-state index in [0.717, 1.165) is 19.5 Å². The minimum absolute atomic E-state index is 0.0897. The molecule has 3 rings (SSSR count). The normalized spacial score (nSPS) is 16.4. The Balaban J connectivity index is 1.38. The van der Waals surface area contributed by atoms with Crippen LogP contribution >= 0.6 is 0 Å². The molecule has 1 fully saturated rings. The molecule has 5 heteroatoms. The van der Waals surface area contributed by atoms with Crippen molar-refractivity contribution < 1.29 is 9.66 Å². The second-order valence-electron chi connectivity index (χ2n) is 6.29. The van der Waals surface area contributed by atoms with Crippen molar-refractivity contribution in [1.82, 2.24) is 4.90 Å². The zero-order chi connectivity index (χ0) is 16.9. The van der Waals surface area contributed by atoms with Gasteiger partial charge in [-0.2, -0.15) is 0 Å². The standard InChI is InChI=1S/C19H22N2O3/c1-15(17-5-3-2-4-6-17)20-13-16(14-20)11-12-24-19-9-7-18(8-10-19)21(22)23/h2-10,15-16H,11-14H2,1H3. The van der Waals surface area contributed by atoms with Gasteiger partial charge in [0.1, 0.15) is 5.75 Å². The lowest BCUT2D eigenvalue weighted by Crippen LogP contribution is -2.48. The molecule has 24 heavy (non-hydrogen) atoms. The maximum Gasteiger partial charge on any atom is 0.269 e. The summed E-state index contributed by atoms with van der Waals surface area (Å²) >= 11 is 0. The highest BCUT2D eigenvalue weighted by atomic mass is 16.6. The van der Waals surface area contributed by atoms with Crippen LogP contribution in [0.15, 0.2) is 54.6 Å². The van der Waals surface area contributed by atoms with Crippen molar-refractivity contribution in [3.05, 3.63) is 70.3 Å². The van der Waals surface area contributed by atoms with Gasteiger partial charge in [-0.3, -0.25) is 15.0 Å². The molecule has 0 radical (unpaired) electrons. The minimum Gasteiger partial charge on any atom is -0.494 e. The van der Waals surface area contributed by atoms with Gasteiger partial charge in [-0.25, -0.2) is 0 Å². The lowest BCUT2D eigenvalue weighted by atomic mass is 9.93. The molecule has 1 aliphatic heterocycles. The predicted octanol–water partition coefficient (Wildman–Crippen LogP) is 4.06. The van der Waals surface area contributed by atoms with Gasteiger partial charge in [0.05, 0.1) is 11.5 Å². The Morgan fingerprint density at radius 3 is 2.46 bits per heavy atom. The van der Waals surface area contributed by atoms with Crippen molar-refractivity contribution in [3.8, 4) is 5.75 Å². The van der Waals surface area contributed by atoms with E-state index in [-0.39, 0.29) is 5.69 Å². The van der Waals surface area contributed by atoms with Gasteiger partial charge < -0.3 is 4.74 Å². The maximum atomic E-state index is 10.6. The highest BCUT2D eigenvalue weighted by Crippen LogP contribution is 2.30. The van der Waals surface area contributed by atoms with Crippen molar-refractivity contribution in [2.24, 2.45) is 5.92 Å². The Hall–Kier alpha value is -2.40. The molecule has 0 aromatic heterocycles. The third-order valence-corrected chi connectivity index (χ3v) is 4.66. The van der Waals surface area contributed by atoms with Crippen LogP contribution in [-0.2, 0) is 0 Å². The molecule has 1 saturated heterocycles. The van der Waals surface area contributed by atoms with Gasteiger partial charge >= 0.3 is 0 Å². The molecule has 0 aliphatic carbocycles. The summed E-state index contributed by atoms with van der Waals surface area (Å²) in [6.45, 7) is 5.09. The van der Waals surface area contributed by atoms with E-state index in [4.69, 9.17) is 4.74 Å². The van der Waals surface area contributed by atoms with E-state index < -0.39 is 4.92 Å². The molecule has 126 valence electrons. The molecule has 0 N–H and O–H groups in total. The molecule has 0 bridgehead atoms. The minimum atomic E-state index is -0.402. The summed E-state index contributed by atoms with van der Waals surface area (Å²) in [6, 6.07) is 17.3. The molecule has 0 spiro atoms. The number of hydrogen-bond acceptors (Lipinski definition) is 4. The van der Waals surface area contributed by atoms with Gasteiger partial charge in [0.2, 0.25) is 0 Å². The molecular formula is C19H22N2O3. The number of nitro benzene ring substituents is 1. The molecule has 1 aliphatic rings. The van der Waals surface area contributed by atoms with Gasteiger partial charge in [-0.05, 0) is 37.0 Å². The van der Waals surface area contributed by atoms with E-state index in [1.165, 1.54) is 17.7 Å². The first-order valence-electron chi connectivity index (χ1n) is 8.30. The van der Waals surface area contributed by atoms with E-state index in [1.54, 1.807) is 12.1 Å². The van der Waals surface area contributed by atoms with E-state index in [9.17, 15) is 10.1 Å². The van der Waals surface area contributed by atoms with Gasteiger partial charge in [0, 0.05) is 31.3 Å². The Bertz CT molecular complexity index is 667. The summed E-state index contributed by atoms with van der Waals surface area (Å²) in [5.41, 5.74) is 1.45. The predicted molar refractivity (Wildman–Crippen MR) is 93.1 cm³/mol. The van der Waals surface area contributed by atoms with Crippen molar-refractivity contribution in [3.63, 3.8) is 0 Å². The van der Waals surface area contributed by atoms with Crippen molar-refractivity contribution in [2.45, 2.75) is 19.4 Å². The monoisotopic (exact) mass is 326 g/mol. The number of hydrogen-bond donors (Lipinski definition) is 0. The molecule has 1 unspecified atom stereocenters. The smallest absolute Gasteiger partial charge is 0.269 e. The Kier molecular flexibility index (Phi) is 5.11. The van der Waals surface area contributed by atoms with Crippen LogP contribution in [0.1, 0.15) is 24.9 Å². The van der Waals surface area contributed by atoms with E-state index >= 15 is 0 Å². The molecule has 1 heterocycles. The van der Waals surface area contributed by atoms with Crippen molar-refractivity contribution in [2.75, 3.05) is 19.7 Å². The highest BCUT2D eigenvalue weighted by molar-refractivity contribution is 5.35. The summed E-state index contributed by atoms with van der Waals surface area (Å²) in [7, 11) is 0. The van der Waals surface area contributed by atoms with Crippen LogP contribution in [0.4, 0.5) is 5.69 Å². The fourth-order valence-electron chi connectivity index (χ4n) is 3.06. The fourth-order valence-corrected chi connectivity index (χ4v) is 3.06. The third-order valence-electron chi connectivity index (χ3n) is 4.66. The molecule has 5 nitrogen and oxygen atoms in total. The third kappa shape index (κ3) is 3.92. The molecule has 2 aromatic rings. The average molecular weight is 326 g/mol. The van der Waals surface area contributed by atoms with Crippen molar-refractivity contribution in [1.29, 1.82) is 0 Å². The number of ether oxygens (including phenoxy) is 1. The van der Waals surface area contributed by atoms with Crippen LogP contribution in [0.5, 0.6) is 5.75 Å². The Morgan fingerprint density at radius 2 is 1.83 bits per heavy atom. The second kappa shape index (κ2) is 7.45. The summed E-state index contributed by atoms with van der Waals surface area (Å²) in [6.07, 6.45) is 1.01. The van der Waals surface area contributed by atoms with Gasteiger partial charge in [0.25, 0.3) is 5.69 Å². The number of non-ortho nitro benzene ring substituents is 1. The van der Waals surface area contributed by atoms with Crippen molar-refractivity contribution >= 4 is 5.69 Å². The topological polar surface area (TPSA) is 55.6 Å². The zero-order valence-electron chi connectivity index (χ0n) is 13.8. The van der Waals surface area contributed by atoms with Gasteiger partial charge in [-0.1, -0.05) is 30.3 Å².